The molecule has 0 radical (unpaired) electrons. The fourth-order valence-electron chi connectivity index (χ4n) is 4.17. The molecule has 3 nitrogen and oxygen atoms in total. The first-order chi connectivity index (χ1) is 15.7. The summed E-state index contributed by atoms with van der Waals surface area (Å²) >= 11 is 0. The van der Waals surface area contributed by atoms with Crippen molar-refractivity contribution < 1.29 is 4.42 Å². The molecule has 0 saturated heterocycles. The standard InChI is InChI=1S/C29H20N2O/c1-19-17-26(31-29(30-19)22-7-3-2-4-8-22)21-13-11-20(12-14-21)23-15-16-28-25(18-23)24-9-5-6-10-27(24)32-28/h2-18H,1H3. The predicted octanol–water partition coefficient (Wildman–Crippen LogP) is 7.69. The molecule has 2 aromatic heterocycles. The molecular formula is C29H20N2O. The Balaban J connectivity index is 1.38. The number of furan rings is 1. The molecule has 0 saturated carbocycles. The van der Waals surface area contributed by atoms with E-state index in [0.717, 1.165) is 55.8 Å². The quantitative estimate of drug-likeness (QED) is 0.299. The minimum atomic E-state index is 0.752. The second-order valence-electron chi connectivity index (χ2n) is 7.97. The van der Waals surface area contributed by atoms with Gasteiger partial charge in [0, 0.05) is 27.6 Å². The number of aryl methyl sites for hydroxylation is 1. The number of hydrogen-bond donors (Lipinski definition) is 0. The third-order valence-corrected chi connectivity index (χ3v) is 5.78. The maximum Gasteiger partial charge on any atom is 0.160 e. The highest BCUT2D eigenvalue weighted by atomic mass is 16.3. The van der Waals surface area contributed by atoms with Crippen LogP contribution in [0, 0.1) is 6.92 Å². The minimum absolute atomic E-state index is 0.752. The van der Waals surface area contributed by atoms with E-state index in [-0.39, 0.29) is 0 Å². The van der Waals surface area contributed by atoms with Gasteiger partial charge < -0.3 is 4.42 Å². The van der Waals surface area contributed by atoms with Crippen molar-refractivity contribution in [1.82, 2.24) is 9.97 Å². The van der Waals surface area contributed by atoms with Gasteiger partial charge in [0.1, 0.15) is 11.2 Å². The van der Waals surface area contributed by atoms with E-state index in [2.05, 4.69) is 53.5 Å². The molecular weight excluding hydrogens is 392 g/mol. The Morgan fingerprint density at radius 3 is 2.06 bits per heavy atom. The average molecular weight is 412 g/mol. The van der Waals surface area contributed by atoms with Crippen molar-refractivity contribution in [2.45, 2.75) is 6.92 Å². The van der Waals surface area contributed by atoms with E-state index in [4.69, 9.17) is 9.40 Å². The maximum atomic E-state index is 5.96. The molecule has 0 spiro atoms. The number of nitrogens with zero attached hydrogens (tertiary/aromatic N) is 2. The molecule has 6 rings (SSSR count). The average Bonchev–Trinajstić information content (AvgIpc) is 3.22. The van der Waals surface area contributed by atoms with Crippen molar-refractivity contribution in [3.63, 3.8) is 0 Å². The molecule has 0 aliphatic rings. The molecule has 0 atom stereocenters. The normalized spacial score (nSPS) is 11.3. The van der Waals surface area contributed by atoms with E-state index in [0.29, 0.717) is 0 Å². The summed E-state index contributed by atoms with van der Waals surface area (Å²) in [6.07, 6.45) is 0. The summed E-state index contributed by atoms with van der Waals surface area (Å²) < 4.78 is 5.96. The van der Waals surface area contributed by atoms with Gasteiger partial charge in [0.05, 0.1) is 5.69 Å². The van der Waals surface area contributed by atoms with Crippen LogP contribution in [0.4, 0.5) is 0 Å². The largest absolute Gasteiger partial charge is 0.456 e. The SMILES string of the molecule is Cc1cc(-c2ccc(-c3ccc4oc5ccccc5c4c3)cc2)nc(-c2ccccc2)n1. The number of para-hydroxylation sites is 1. The number of aromatic nitrogens is 2. The highest BCUT2D eigenvalue weighted by molar-refractivity contribution is 6.06. The van der Waals surface area contributed by atoms with Gasteiger partial charge >= 0.3 is 0 Å². The van der Waals surface area contributed by atoms with E-state index >= 15 is 0 Å². The summed E-state index contributed by atoms with van der Waals surface area (Å²) in [6, 6.07) is 35.2. The van der Waals surface area contributed by atoms with Gasteiger partial charge in [-0.15, -0.1) is 0 Å². The first-order valence-corrected chi connectivity index (χ1v) is 10.7. The zero-order valence-electron chi connectivity index (χ0n) is 17.6. The first-order valence-electron chi connectivity index (χ1n) is 10.7. The molecule has 3 heteroatoms. The first kappa shape index (κ1) is 18.5. The van der Waals surface area contributed by atoms with Gasteiger partial charge in [-0.05, 0) is 42.3 Å². The van der Waals surface area contributed by atoms with Crippen LogP contribution in [0.3, 0.4) is 0 Å². The fraction of sp³-hybridized carbons (Fsp3) is 0.0345. The molecule has 0 aliphatic carbocycles. The van der Waals surface area contributed by atoms with E-state index in [1.807, 2.05) is 61.5 Å². The Labute approximate surface area is 186 Å². The Hall–Kier alpha value is -4.24. The molecule has 32 heavy (non-hydrogen) atoms. The summed E-state index contributed by atoms with van der Waals surface area (Å²) in [5.74, 6) is 0.752. The van der Waals surface area contributed by atoms with Gasteiger partial charge in [-0.1, -0.05) is 78.9 Å². The lowest BCUT2D eigenvalue weighted by molar-refractivity contribution is 0.669. The van der Waals surface area contributed by atoms with Crippen LogP contribution in [-0.4, -0.2) is 9.97 Å². The lowest BCUT2D eigenvalue weighted by Crippen LogP contribution is -1.95. The lowest BCUT2D eigenvalue weighted by atomic mass is 10.0. The molecule has 0 aliphatic heterocycles. The molecule has 0 amide bonds. The van der Waals surface area contributed by atoms with Crippen molar-refractivity contribution in [2.75, 3.05) is 0 Å². The van der Waals surface area contributed by atoms with E-state index in [1.165, 1.54) is 5.56 Å². The van der Waals surface area contributed by atoms with Gasteiger partial charge in [-0.3, -0.25) is 0 Å². The van der Waals surface area contributed by atoms with Gasteiger partial charge in [-0.2, -0.15) is 0 Å². The summed E-state index contributed by atoms with van der Waals surface area (Å²) in [5, 5.41) is 2.28. The van der Waals surface area contributed by atoms with Gasteiger partial charge in [-0.25, -0.2) is 9.97 Å². The van der Waals surface area contributed by atoms with Gasteiger partial charge in [0.2, 0.25) is 0 Å². The molecule has 6 aromatic rings. The zero-order chi connectivity index (χ0) is 21.5. The topological polar surface area (TPSA) is 38.9 Å². The molecule has 0 bridgehead atoms. The second-order valence-corrected chi connectivity index (χ2v) is 7.97. The van der Waals surface area contributed by atoms with E-state index in [9.17, 15) is 0 Å². The second kappa shape index (κ2) is 7.47. The number of rotatable bonds is 3. The summed E-state index contributed by atoms with van der Waals surface area (Å²) in [7, 11) is 0. The predicted molar refractivity (Wildman–Crippen MR) is 130 cm³/mol. The van der Waals surface area contributed by atoms with Crippen LogP contribution in [0.15, 0.2) is 108 Å². The number of fused-ring (bicyclic) bond motifs is 3. The Morgan fingerprint density at radius 1 is 0.531 bits per heavy atom. The summed E-state index contributed by atoms with van der Waals surface area (Å²) in [4.78, 5) is 9.44. The molecule has 2 heterocycles. The van der Waals surface area contributed by atoms with E-state index < -0.39 is 0 Å². The maximum absolute atomic E-state index is 5.96. The molecule has 0 N–H and O–H groups in total. The Bertz CT molecular complexity index is 1560. The number of benzene rings is 4. The molecule has 0 unspecified atom stereocenters. The van der Waals surface area contributed by atoms with Gasteiger partial charge in [0.15, 0.2) is 5.82 Å². The highest BCUT2D eigenvalue weighted by Gasteiger charge is 2.10. The molecule has 152 valence electrons. The van der Waals surface area contributed by atoms with Crippen molar-refractivity contribution in [2.24, 2.45) is 0 Å². The van der Waals surface area contributed by atoms with Crippen molar-refractivity contribution >= 4 is 21.9 Å². The third kappa shape index (κ3) is 3.25. The summed E-state index contributed by atoms with van der Waals surface area (Å²) in [5.41, 5.74) is 8.14. The van der Waals surface area contributed by atoms with Crippen LogP contribution in [0.25, 0.3) is 55.7 Å². The molecule has 0 fully saturated rings. The third-order valence-electron chi connectivity index (χ3n) is 5.78. The highest BCUT2D eigenvalue weighted by Crippen LogP contribution is 2.33. The van der Waals surface area contributed by atoms with Crippen LogP contribution in [0.1, 0.15) is 5.69 Å². The fourth-order valence-corrected chi connectivity index (χ4v) is 4.17. The van der Waals surface area contributed by atoms with Crippen LogP contribution in [-0.2, 0) is 0 Å². The van der Waals surface area contributed by atoms with Crippen molar-refractivity contribution in [1.29, 1.82) is 0 Å². The van der Waals surface area contributed by atoms with E-state index in [1.54, 1.807) is 0 Å². The Morgan fingerprint density at radius 2 is 1.22 bits per heavy atom. The summed E-state index contributed by atoms with van der Waals surface area (Å²) in [6.45, 7) is 2.01. The monoisotopic (exact) mass is 412 g/mol. The van der Waals surface area contributed by atoms with Crippen LogP contribution >= 0.6 is 0 Å². The minimum Gasteiger partial charge on any atom is -0.456 e. The smallest absolute Gasteiger partial charge is 0.160 e. The Kier molecular flexibility index (Phi) is 4.32. The van der Waals surface area contributed by atoms with Crippen LogP contribution in [0.5, 0.6) is 0 Å². The lowest BCUT2D eigenvalue weighted by Gasteiger charge is -2.08. The van der Waals surface area contributed by atoms with Gasteiger partial charge in [0.25, 0.3) is 0 Å². The zero-order valence-corrected chi connectivity index (χ0v) is 17.6. The number of hydrogen-bond acceptors (Lipinski definition) is 3. The van der Waals surface area contributed by atoms with Crippen LogP contribution < -0.4 is 0 Å². The van der Waals surface area contributed by atoms with Crippen molar-refractivity contribution in [3.8, 4) is 33.8 Å². The van der Waals surface area contributed by atoms with Crippen molar-refractivity contribution in [3.05, 3.63) is 109 Å². The van der Waals surface area contributed by atoms with Crippen LogP contribution in [0.2, 0.25) is 0 Å². The molecule has 4 aromatic carbocycles.